The number of alkyl halides is 3. The molecule has 26 heavy (non-hydrogen) atoms. The van der Waals surface area contributed by atoms with Crippen LogP contribution in [0.1, 0.15) is 11.1 Å². The Hall–Kier alpha value is -2.61. The van der Waals surface area contributed by atoms with E-state index in [1.165, 1.54) is 12.1 Å². The summed E-state index contributed by atoms with van der Waals surface area (Å²) >= 11 is 4.15. The first-order chi connectivity index (χ1) is 12.2. The highest BCUT2D eigenvalue weighted by atomic mass is 32.1. The highest BCUT2D eigenvalue weighted by Gasteiger charge is 2.33. The molecule has 0 fully saturated rings. The number of ether oxygens (including phenoxy) is 2. The topological polar surface area (TPSA) is 55.8 Å². The molecule has 136 valence electrons. The number of hydrogen-bond acceptors (Lipinski definition) is 4. The highest BCUT2D eigenvalue weighted by molar-refractivity contribution is 7.80. The smallest absolute Gasteiger partial charge is 0.417 e. The summed E-state index contributed by atoms with van der Waals surface area (Å²) in [6.45, 7) is 0.228. The number of rotatable bonds is 3. The van der Waals surface area contributed by atoms with Gasteiger partial charge in [0.2, 0.25) is 0 Å². The molecular formula is C18H13F3O4S. The zero-order valence-corrected chi connectivity index (χ0v) is 14.1. The predicted molar refractivity (Wildman–Crippen MR) is 92.4 cm³/mol. The molecule has 0 radical (unpaired) electrons. The van der Waals surface area contributed by atoms with Crippen LogP contribution < -0.4 is 9.47 Å². The minimum Gasteiger partial charge on any atom is -0.485 e. The van der Waals surface area contributed by atoms with Gasteiger partial charge in [-0.2, -0.15) is 13.2 Å². The predicted octanol–water partition coefficient (Wildman–Crippen LogP) is 4.50. The van der Waals surface area contributed by atoms with Gasteiger partial charge in [-0.3, -0.25) is 0 Å². The van der Waals surface area contributed by atoms with Crippen molar-refractivity contribution in [2.24, 2.45) is 0 Å². The maximum Gasteiger partial charge on any atom is 0.417 e. The zero-order chi connectivity index (χ0) is 18.9. The third-order valence-corrected chi connectivity index (χ3v) is 3.94. The maximum atomic E-state index is 13.4. The Morgan fingerprint density at radius 1 is 1.15 bits per heavy atom. The summed E-state index contributed by atoms with van der Waals surface area (Å²) in [6.07, 6.45) is -3.03. The average Bonchev–Trinajstić information content (AvgIpc) is 2.58. The van der Waals surface area contributed by atoms with Gasteiger partial charge in [0.05, 0.1) is 5.56 Å². The van der Waals surface area contributed by atoms with E-state index in [0.717, 1.165) is 12.1 Å². The second kappa shape index (κ2) is 6.95. The molecule has 1 unspecified atom stereocenters. The summed E-state index contributed by atoms with van der Waals surface area (Å²) in [5, 5.41) is 8.63. The molecule has 1 atom stereocenters. The molecule has 0 saturated heterocycles. The number of aliphatic carboxylic acids is 1. The fraction of sp³-hybridized carbons (Fsp3) is 0.167. The van der Waals surface area contributed by atoms with E-state index in [2.05, 4.69) is 12.6 Å². The first-order valence-electron chi connectivity index (χ1n) is 7.48. The van der Waals surface area contributed by atoms with Gasteiger partial charge >= 0.3 is 12.1 Å². The van der Waals surface area contributed by atoms with Crippen molar-refractivity contribution in [3.63, 3.8) is 0 Å². The summed E-state index contributed by atoms with van der Waals surface area (Å²) < 4.78 is 51.0. The quantitative estimate of drug-likeness (QED) is 0.606. The minimum atomic E-state index is -4.62. The molecule has 0 aromatic heterocycles. The van der Waals surface area contributed by atoms with E-state index < -0.39 is 23.1 Å². The van der Waals surface area contributed by atoms with Crippen molar-refractivity contribution in [3.05, 3.63) is 53.6 Å². The zero-order valence-electron chi connectivity index (χ0n) is 13.2. The van der Waals surface area contributed by atoms with Gasteiger partial charge in [0.15, 0.2) is 16.9 Å². The molecule has 4 nitrogen and oxygen atoms in total. The first kappa shape index (κ1) is 18.2. The molecule has 8 heteroatoms. The molecule has 0 amide bonds. The first-order valence-corrected chi connectivity index (χ1v) is 8.00. The average molecular weight is 382 g/mol. The lowest BCUT2D eigenvalue weighted by molar-refractivity contribution is -0.137. The van der Waals surface area contributed by atoms with Crippen LogP contribution in [0.5, 0.6) is 11.5 Å². The Balaban J connectivity index is 2.02. The van der Waals surface area contributed by atoms with Crippen LogP contribution in [-0.2, 0) is 11.0 Å². The van der Waals surface area contributed by atoms with Gasteiger partial charge in [-0.05, 0) is 41.0 Å². The van der Waals surface area contributed by atoms with Crippen LogP contribution in [0, 0.1) is 0 Å². The molecule has 0 spiro atoms. The summed E-state index contributed by atoms with van der Waals surface area (Å²) in [4.78, 5) is 10.6. The van der Waals surface area contributed by atoms with E-state index in [0.29, 0.717) is 28.7 Å². The number of carbonyl (C=O) groups is 1. The number of fused-ring (bicyclic) bond motifs is 1. The molecule has 1 heterocycles. The van der Waals surface area contributed by atoms with Crippen molar-refractivity contribution in [2.45, 2.75) is 11.6 Å². The number of halogens is 3. The summed E-state index contributed by atoms with van der Waals surface area (Å²) in [5.41, 5.74) is -0.698. The number of benzene rings is 2. The molecule has 3 rings (SSSR count). The van der Waals surface area contributed by atoms with Crippen LogP contribution in [0.4, 0.5) is 13.2 Å². The number of carboxylic acids is 1. The fourth-order valence-electron chi connectivity index (χ4n) is 2.53. The summed E-state index contributed by atoms with van der Waals surface area (Å²) in [5.74, 6) is -0.426. The van der Waals surface area contributed by atoms with E-state index in [9.17, 15) is 18.0 Å². The molecular weight excluding hydrogens is 369 g/mol. The second-order valence-corrected chi connectivity index (χ2v) is 6.09. The lowest BCUT2D eigenvalue weighted by Crippen LogP contribution is -2.23. The van der Waals surface area contributed by atoms with Crippen molar-refractivity contribution in [1.29, 1.82) is 0 Å². The van der Waals surface area contributed by atoms with Gasteiger partial charge in [0, 0.05) is 6.08 Å². The normalized spacial score (nSPS) is 16.7. The number of hydrogen-bond donors (Lipinski definition) is 2. The fourth-order valence-corrected chi connectivity index (χ4v) is 2.72. The standard InChI is InChI=1S/C18H13F3O4S/c19-18(20,21)13-7-11(2-1-10(13)4-6-16(22)23)12-3-5-14-15(8-12)24-9-17(26)25-14/h1-8,17,26H,9H2,(H,22,23)/b6-4+. The van der Waals surface area contributed by atoms with Crippen molar-refractivity contribution < 1.29 is 32.5 Å². The third-order valence-electron chi connectivity index (χ3n) is 3.69. The molecule has 1 N–H and O–H groups in total. The van der Waals surface area contributed by atoms with E-state index in [1.807, 2.05) is 0 Å². The second-order valence-electron chi connectivity index (χ2n) is 5.52. The maximum absolute atomic E-state index is 13.4. The Bertz CT molecular complexity index is 877. The van der Waals surface area contributed by atoms with Crippen molar-refractivity contribution >= 4 is 24.7 Å². The molecule has 2 aromatic carbocycles. The Kier molecular flexibility index (Phi) is 4.86. The monoisotopic (exact) mass is 382 g/mol. The number of carboxylic acid groups (broad SMARTS) is 1. The Labute approximate surface area is 152 Å². The SMILES string of the molecule is O=C(O)/C=C/c1ccc(-c2ccc3c(c2)OCC(S)O3)cc1C(F)(F)F. The highest BCUT2D eigenvalue weighted by Crippen LogP contribution is 2.39. The van der Waals surface area contributed by atoms with Crippen molar-refractivity contribution in [2.75, 3.05) is 6.61 Å². The summed E-state index contributed by atoms with van der Waals surface area (Å²) in [7, 11) is 0. The molecule has 1 aliphatic rings. The van der Waals surface area contributed by atoms with Gasteiger partial charge in [0.1, 0.15) is 6.61 Å². The van der Waals surface area contributed by atoms with Crippen LogP contribution in [-0.4, -0.2) is 23.1 Å². The van der Waals surface area contributed by atoms with Gasteiger partial charge in [-0.25, -0.2) is 4.79 Å². The summed E-state index contributed by atoms with van der Waals surface area (Å²) in [6, 6.07) is 8.53. The van der Waals surface area contributed by atoms with Crippen LogP contribution in [0.25, 0.3) is 17.2 Å². The van der Waals surface area contributed by atoms with E-state index in [1.54, 1.807) is 18.2 Å². The molecule has 0 bridgehead atoms. The lowest BCUT2D eigenvalue weighted by atomic mass is 9.98. The lowest BCUT2D eigenvalue weighted by Gasteiger charge is -2.23. The number of thiol groups is 1. The largest absolute Gasteiger partial charge is 0.485 e. The van der Waals surface area contributed by atoms with Crippen molar-refractivity contribution in [3.8, 4) is 22.6 Å². The third kappa shape index (κ3) is 3.96. The Morgan fingerprint density at radius 2 is 1.85 bits per heavy atom. The minimum absolute atomic E-state index is 0.223. The van der Waals surface area contributed by atoms with Crippen LogP contribution >= 0.6 is 12.6 Å². The van der Waals surface area contributed by atoms with E-state index >= 15 is 0 Å². The van der Waals surface area contributed by atoms with Crippen LogP contribution in [0.3, 0.4) is 0 Å². The van der Waals surface area contributed by atoms with E-state index in [-0.39, 0.29) is 12.2 Å². The molecule has 0 aliphatic carbocycles. The van der Waals surface area contributed by atoms with Gasteiger partial charge in [0.25, 0.3) is 0 Å². The molecule has 1 aliphatic heterocycles. The molecule has 0 saturated carbocycles. The molecule has 2 aromatic rings. The van der Waals surface area contributed by atoms with Crippen molar-refractivity contribution in [1.82, 2.24) is 0 Å². The van der Waals surface area contributed by atoms with E-state index in [4.69, 9.17) is 14.6 Å². The Morgan fingerprint density at radius 3 is 2.54 bits per heavy atom. The van der Waals surface area contributed by atoms with Crippen LogP contribution in [0.15, 0.2) is 42.5 Å². The van der Waals surface area contributed by atoms with Gasteiger partial charge < -0.3 is 14.6 Å². The van der Waals surface area contributed by atoms with Gasteiger partial charge in [-0.1, -0.05) is 18.2 Å². The van der Waals surface area contributed by atoms with Crippen LogP contribution in [0.2, 0.25) is 0 Å². The van der Waals surface area contributed by atoms with Gasteiger partial charge in [-0.15, -0.1) is 12.6 Å².